The Labute approximate surface area is 115 Å². The first-order valence-electron chi connectivity index (χ1n) is 6.27. The number of nitrogens with two attached hydrogens (primary N) is 1. The average molecular weight is 306 g/mol. The molecule has 2 aromatic rings. The maximum Gasteiger partial charge on any atom is 0.122 e. The van der Waals surface area contributed by atoms with Crippen molar-refractivity contribution in [2.45, 2.75) is 31.8 Å². The molecule has 1 aliphatic heterocycles. The molecule has 2 heterocycles. The Balaban J connectivity index is 1.93. The van der Waals surface area contributed by atoms with Gasteiger partial charge < -0.3 is 10.3 Å². The van der Waals surface area contributed by atoms with Gasteiger partial charge >= 0.3 is 0 Å². The van der Waals surface area contributed by atoms with E-state index in [0.717, 1.165) is 18.8 Å². The lowest BCUT2D eigenvalue weighted by Crippen LogP contribution is -2.21. The summed E-state index contributed by atoms with van der Waals surface area (Å²) >= 11 is 3.65. The number of hydrogen-bond acceptors (Lipinski definition) is 2. The van der Waals surface area contributed by atoms with Crippen LogP contribution in [0.4, 0.5) is 0 Å². The molecular weight excluding hydrogens is 290 g/mol. The highest BCUT2D eigenvalue weighted by Crippen LogP contribution is 2.33. The van der Waals surface area contributed by atoms with Gasteiger partial charge in [0, 0.05) is 28.8 Å². The molecule has 0 bridgehead atoms. The van der Waals surface area contributed by atoms with Gasteiger partial charge in [-0.3, -0.25) is 0 Å². The Morgan fingerprint density at radius 3 is 3.00 bits per heavy atom. The van der Waals surface area contributed by atoms with E-state index >= 15 is 0 Å². The van der Waals surface area contributed by atoms with Crippen LogP contribution in [0.15, 0.2) is 34.9 Å². The van der Waals surface area contributed by atoms with Gasteiger partial charge in [-0.25, -0.2) is 4.98 Å². The second-order valence-electron chi connectivity index (χ2n) is 4.74. The van der Waals surface area contributed by atoms with Crippen molar-refractivity contribution in [3.63, 3.8) is 0 Å². The summed E-state index contributed by atoms with van der Waals surface area (Å²) in [5.74, 6) is 1.55. The van der Waals surface area contributed by atoms with E-state index in [1.54, 1.807) is 0 Å². The second-order valence-corrected chi connectivity index (χ2v) is 5.59. The number of imidazole rings is 1. The molecular formula is C14H16BrN3. The van der Waals surface area contributed by atoms with E-state index in [9.17, 15) is 0 Å². The van der Waals surface area contributed by atoms with Crippen LogP contribution >= 0.6 is 15.9 Å². The van der Waals surface area contributed by atoms with Gasteiger partial charge in [0.2, 0.25) is 0 Å². The lowest BCUT2D eigenvalue weighted by molar-refractivity contribution is 0.450. The minimum Gasteiger partial charge on any atom is -0.330 e. The predicted octanol–water partition coefficient (Wildman–Crippen LogP) is 2.83. The van der Waals surface area contributed by atoms with Crippen molar-refractivity contribution < 1.29 is 0 Å². The highest BCUT2D eigenvalue weighted by Gasteiger charge is 2.23. The maximum atomic E-state index is 5.74. The summed E-state index contributed by atoms with van der Waals surface area (Å²) in [4.78, 5) is 4.39. The van der Waals surface area contributed by atoms with Crippen LogP contribution in [0.25, 0.3) is 0 Å². The van der Waals surface area contributed by atoms with Gasteiger partial charge in [-0.15, -0.1) is 0 Å². The third kappa shape index (κ3) is 1.99. The zero-order valence-corrected chi connectivity index (χ0v) is 11.7. The zero-order valence-electron chi connectivity index (χ0n) is 10.1. The number of nitrogens with zero attached hydrogens (tertiary/aromatic N) is 2. The fourth-order valence-corrected chi connectivity index (χ4v) is 3.34. The molecule has 3 rings (SSSR count). The molecule has 0 fully saturated rings. The van der Waals surface area contributed by atoms with Crippen molar-refractivity contribution in [3.05, 3.63) is 52.0 Å². The maximum absolute atomic E-state index is 5.74. The Kier molecular flexibility index (Phi) is 3.22. The topological polar surface area (TPSA) is 43.8 Å². The fraction of sp³-hybridized carbons (Fsp3) is 0.357. The summed E-state index contributed by atoms with van der Waals surface area (Å²) in [6.07, 6.45) is 4.23. The van der Waals surface area contributed by atoms with Crippen molar-refractivity contribution >= 4 is 15.9 Å². The van der Waals surface area contributed by atoms with E-state index in [4.69, 9.17) is 5.73 Å². The summed E-state index contributed by atoms with van der Waals surface area (Å²) in [6, 6.07) is 8.49. The molecule has 1 atom stereocenters. The van der Waals surface area contributed by atoms with E-state index in [1.807, 2.05) is 6.20 Å². The molecule has 4 heteroatoms. The van der Waals surface area contributed by atoms with Gasteiger partial charge in [0.05, 0.1) is 6.54 Å². The second kappa shape index (κ2) is 4.86. The normalized spacial score (nSPS) is 18.7. The lowest BCUT2D eigenvalue weighted by Gasteiger charge is -2.26. The Bertz CT molecular complexity index is 548. The van der Waals surface area contributed by atoms with Crippen LogP contribution in [-0.4, -0.2) is 9.55 Å². The highest BCUT2D eigenvalue weighted by molar-refractivity contribution is 9.10. The molecule has 0 radical (unpaired) electrons. The Hall–Kier alpha value is -1.13. The van der Waals surface area contributed by atoms with Crippen LogP contribution in [0.5, 0.6) is 0 Å². The lowest BCUT2D eigenvalue weighted by atomic mass is 9.91. The molecule has 94 valence electrons. The fourth-order valence-electron chi connectivity index (χ4n) is 2.73. The molecule has 3 nitrogen and oxygen atoms in total. The van der Waals surface area contributed by atoms with E-state index in [-0.39, 0.29) is 0 Å². The minimum absolute atomic E-state index is 0.517. The van der Waals surface area contributed by atoms with Gasteiger partial charge in [-0.05, 0) is 24.5 Å². The largest absolute Gasteiger partial charge is 0.330 e. The Morgan fingerprint density at radius 1 is 1.39 bits per heavy atom. The highest BCUT2D eigenvalue weighted by atomic mass is 79.9. The number of halogens is 1. The van der Waals surface area contributed by atoms with Crippen LogP contribution in [-0.2, 0) is 19.5 Å². The molecule has 0 spiro atoms. The molecule has 0 amide bonds. The molecule has 0 saturated heterocycles. The first-order valence-corrected chi connectivity index (χ1v) is 7.06. The van der Waals surface area contributed by atoms with Crippen LogP contribution in [0.1, 0.15) is 29.4 Å². The number of fused-ring (bicyclic) bond motifs is 1. The van der Waals surface area contributed by atoms with Gasteiger partial charge in [0.15, 0.2) is 0 Å². The summed E-state index contributed by atoms with van der Waals surface area (Å²) in [7, 11) is 0. The molecule has 1 unspecified atom stereocenters. The van der Waals surface area contributed by atoms with Crippen molar-refractivity contribution in [1.82, 2.24) is 9.55 Å². The summed E-state index contributed by atoms with van der Waals surface area (Å²) in [6.45, 7) is 1.51. The van der Waals surface area contributed by atoms with E-state index in [1.165, 1.54) is 22.2 Å². The molecule has 0 saturated carbocycles. The van der Waals surface area contributed by atoms with Gasteiger partial charge in [0.1, 0.15) is 5.82 Å². The monoisotopic (exact) mass is 305 g/mol. The molecule has 1 aliphatic rings. The third-order valence-corrected chi connectivity index (χ3v) is 4.42. The molecule has 0 aliphatic carbocycles. The summed E-state index contributed by atoms with van der Waals surface area (Å²) in [5.41, 5.74) is 8.45. The van der Waals surface area contributed by atoms with Gasteiger partial charge in [-0.2, -0.15) is 0 Å². The first kappa shape index (κ1) is 11.9. The van der Waals surface area contributed by atoms with Crippen LogP contribution in [0, 0.1) is 0 Å². The third-order valence-electron chi connectivity index (χ3n) is 3.70. The quantitative estimate of drug-likeness (QED) is 0.927. The molecule has 2 N–H and O–H groups in total. The minimum atomic E-state index is 0.517. The van der Waals surface area contributed by atoms with E-state index in [2.05, 4.69) is 49.7 Å². The molecule has 1 aromatic heterocycles. The van der Waals surface area contributed by atoms with Gasteiger partial charge in [0.25, 0.3) is 0 Å². The standard InChI is InChI=1S/C14H16BrN3/c15-13-4-2-1-3-12(13)10-5-6-11-8-17-14(7-16)18(11)9-10/h1-4,8,10H,5-7,9,16H2. The predicted molar refractivity (Wildman–Crippen MR) is 75.3 cm³/mol. The first-order chi connectivity index (χ1) is 8.79. The number of rotatable bonds is 2. The number of benzene rings is 1. The van der Waals surface area contributed by atoms with Crippen LogP contribution in [0.2, 0.25) is 0 Å². The zero-order chi connectivity index (χ0) is 12.5. The Morgan fingerprint density at radius 2 is 2.22 bits per heavy atom. The van der Waals surface area contributed by atoms with Crippen LogP contribution in [0.3, 0.4) is 0 Å². The summed E-state index contributed by atoms with van der Waals surface area (Å²) in [5, 5.41) is 0. The SMILES string of the molecule is NCc1ncc2n1CC(c1ccccc1Br)CC2. The molecule has 18 heavy (non-hydrogen) atoms. The van der Waals surface area contributed by atoms with E-state index < -0.39 is 0 Å². The van der Waals surface area contributed by atoms with Crippen molar-refractivity contribution in [2.75, 3.05) is 0 Å². The number of aryl methyl sites for hydroxylation is 1. The molecule has 1 aromatic carbocycles. The van der Waals surface area contributed by atoms with Crippen molar-refractivity contribution in [1.29, 1.82) is 0 Å². The number of aromatic nitrogens is 2. The number of hydrogen-bond donors (Lipinski definition) is 1. The van der Waals surface area contributed by atoms with Gasteiger partial charge in [-0.1, -0.05) is 34.1 Å². The van der Waals surface area contributed by atoms with Crippen molar-refractivity contribution in [2.24, 2.45) is 5.73 Å². The smallest absolute Gasteiger partial charge is 0.122 e. The average Bonchev–Trinajstić information content (AvgIpc) is 2.81. The van der Waals surface area contributed by atoms with Crippen molar-refractivity contribution in [3.8, 4) is 0 Å². The summed E-state index contributed by atoms with van der Waals surface area (Å²) < 4.78 is 3.49. The van der Waals surface area contributed by atoms with E-state index in [0.29, 0.717) is 12.5 Å². The van der Waals surface area contributed by atoms with Crippen LogP contribution < -0.4 is 5.73 Å².